The molecule has 0 spiro atoms. The zero-order valence-electron chi connectivity index (χ0n) is 10.3. The van der Waals surface area contributed by atoms with Crippen LogP contribution in [0.1, 0.15) is 0 Å². The number of hydrogen-bond acceptors (Lipinski definition) is 5. The fraction of sp³-hybridized carbons (Fsp3) is 0.167. The molecule has 0 radical (unpaired) electrons. The summed E-state index contributed by atoms with van der Waals surface area (Å²) in [7, 11) is 3.47. The standard InChI is InChI=1S/C12H11BrN4OS/c1-14-11-15-12-17(16-11)9(6-19-12)8-5-7(13)3-4-10(8)18-2/h3-6H,1-2H3,(H,14,16). The maximum Gasteiger partial charge on any atom is 0.243 e. The molecule has 3 rings (SSSR count). The lowest BCUT2D eigenvalue weighted by Gasteiger charge is -2.07. The maximum absolute atomic E-state index is 5.41. The average Bonchev–Trinajstić information content (AvgIpc) is 2.97. The first-order valence-electron chi connectivity index (χ1n) is 5.59. The van der Waals surface area contributed by atoms with Crippen LogP contribution in [0.5, 0.6) is 5.75 Å². The SMILES string of the molecule is CNc1nc2scc(-c3cc(Br)ccc3OC)n2n1. The van der Waals surface area contributed by atoms with Gasteiger partial charge < -0.3 is 10.1 Å². The van der Waals surface area contributed by atoms with E-state index < -0.39 is 0 Å². The van der Waals surface area contributed by atoms with E-state index in [0.29, 0.717) is 5.95 Å². The van der Waals surface area contributed by atoms with Gasteiger partial charge in [0.15, 0.2) is 0 Å². The predicted octanol–water partition coefficient (Wildman–Crippen LogP) is 3.27. The van der Waals surface area contributed by atoms with Crippen molar-refractivity contribution in [1.29, 1.82) is 0 Å². The van der Waals surface area contributed by atoms with Gasteiger partial charge in [0.25, 0.3) is 0 Å². The molecule has 7 heteroatoms. The summed E-state index contributed by atoms with van der Waals surface area (Å²) in [5, 5.41) is 9.38. The van der Waals surface area contributed by atoms with Gasteiger partial charge in [-0.3, -0.25) is 0 Å². The van der Waals surface area contributed by atoms with Gasteiger partial charge in [-0.25, -0.2) is 4.52 Å². The van der Waals surface area contributed by atoms with Crippen molar-refractivity contribution in [3.8, 4) is 17.0 Å². The lowest BCUT2D eigenvalue weighted by molar-refractivity contribution is 0.416. The molecule has 98 valence electrons. The van der Waals surface area contributed by atoms with Crippen molar-refractivity contribution < 1.29 is 4.74 Å². The Balaban J connectivity index is 2.23. The van der Waals surface area contributed by atoms with Crippen LogP contribution in [0.3, 0.4) is 0 Å². The number of ether oxygens (including phenoxy) is 1. The fourth-order valence-electron chi connectivity index (χ4n) is 1.85. The van der Waals surface area contributed by atoms with Gasteiger partial charge in [-0.2, -0.15) is 4.98 Å². The van der Waals surface area contributed by atoms with Crippen LogP contribution in [0.15, 0.2) is 28.1 Å². The van der Waals surface area contributed by atoms with Crippen molar-refractivity contribution in [2.45, 2.75) is 0 Å². The Morgan fingerprint density at radius 1 is 1.42 bits per heavy atom. The minimum absolute atomic E-state index is 0.613. The molecule has 0 saturated heterocycles. The van der Waals surface area contributed by atoms with Gasteiger partial charge in [0.2, 0.25) is 10.9 Å². The highest BCUT2D eigenvalue weighted by Crippen LogP contribution is 2.34. The summed E-state index contributed by atoms with van der Waals surface area (Å²) < 4.78 is 8.23. The van der Waals surface area contributed by atoms with E-state index in [4.69, 9.17) is 4.74 Å². The van der Waals surface area contributed by atoms with Crippen molar-refractivity contribution in [1.82, 2.24) is 14.6 Å². The summed E-state index contributed by atoms with van der Waals surface area (Å²) in [6, 6.07) is 5.89. The molecular formula is C12H11BrN4OS. The maximum atomic E-state index is 5.41. The third-order valence-electron chi connectivity index (χ3n) is 2.74. The van der Waals surface area contributed by atoms with Crippen molar-refractivity contribution in [3.63, 3.8) is 0 Å². The molecule has 0 atom stereocenters. The Labute approximate surface area is 122 Å². The van der Waals surface area contributed by atoms with Gasteiger partial charge >= 0.3 is 0 Å². The van der Waals surface area contributed by atoms with Crippen LogP contribution in [0.2, 0.25) is 0 Å². The van der Waals surface area contributed by atoms with Gasteiger partial charge in [-0.1, -0.05) is 15.9 Å². The summed E-state index contributed by atoms with van der Waals surface area (Å²) in [6.07, 6.45) is 0. The minimum atomic E-state index is 0.613. The molecule has 1 N–H and O–H groups in total. The largest absolute Gasteiger partial charge is 0.496 e. The van der Waals surface area contributed by atoms with E-state index in [0.717, 1.165) is 26.4 Å². The summed E-state index contributed by atoms with van der Waals surface area (Å²) in [5.74, 6) is 1.42. The monoisotopic (exact) mass is 338 g/mol. The summed E-state index contributed by atoms with van der Waals surface area (Å²) in [4.78, 5) is 5.21. The van der Waals surface area contributed by atoms with Crippen LogP contribution in [0.4, 0.5) is 5.95 Å². The number of anilines is 1. The summed E-state index contributed by atoms with van der Waals surface area (Å²) in [6.45, 7) is 0. The average molecular weight is 339 g/mol. The van der Waals surface area contributed by atoms with Crippen LogP contribution < -0.4 is 10.1 Å². The number of methoxy groups -OCH3 is 1. The van der Waals surface area contributed by atoms with Crippen molar-refractivity contribution in [3.05, 3.63) is 28.1 Å². The van der Waals surface area contributed by atoms with E-state index >= 15 is 0 Å². The third kappa shape index (κ3) is 2.08. The van der Waals surface area contributed by atoms with Gasteiger partial charge in [0, 0.05) is 22.5 Å². The van der Waals surface area contributed by atoms with Gasteiger partial charge in [-0.05, 0) is 18.2 Å². The molecule has 3 aromatic rings. The molecule has 0 saturated carbocycles. The van der Waals surface area contributed by atoms with E-state index in [1.54, 1.807) is 25.5 Å². The second-order valence-corrected chi connectivity index (χ2v) is 5.60. The topological polar surface area (TPSA) is 51.5 Å². The first kappa shape index (κ1) is 12.4. The molecule has 0 aliphatic rings. The minimum Gasteiger partial charge on any atom is -0.496 e. The smallest absolute Gasteiger partial charge is 0.243 e. The first-order chi connectivity index (χ1) is 9.22. The molecule has 0 aliphatic carbocycles. The van der Waals surface area contributed by atoms with Gasteiger partial charge in [0.1, 0.15) is 5.75 Å². The van der Waals surface area contributed by atoms with Crippen molar-refractivity contribution in [2.24, 2.45) is 0 Å². The molecule has 0 fully saturated rings. The molecule has 0 unspecified atom stereocenters. The van der Waals surface area contributed by atoms with Gasteiger partial charge in [0.05, 0.1) is 12.8 Å². The van der Waals surface area contributed by atoms with E-state index in [-0.39, 0.29) is 0 Å². The number of rotatable bonds is 3. The third-order valence-corrected chi connectivity index (χ3v) is 4.05. The van der Waals surface area contributed by atoms with Gasteiger partial charge in [-0.15, -0.1) is 16.4 Å². The molecule has 2 aromatic heterocycles. The normalized spacial score (nSPS) is 10.9. The van der Waals surface area contributed by atoms with Crippen LogP contribution in [-0.2, 0) is 0 Å². The number of benzene rings is 1. The zero-order valence-corrected chi connectivity index (χ0v) is 12.7. The van der Waals surface area contributed by atoms with Crippen LogP contribution in [-0.4, -0.2) is 28.8 Å². The molecule has 19 heavy (non-hydrogen) atoms. The lowest BCUT2D eigenvalue weighted by atomic mass is 10.1. The van der Waals surface area contributed by atoms with Crippen molar-refractivity contribution >= 4 is 38.2 Å². The number of nitrogens with one attached hydrogen (secondary N) is 1. The van der Waals surface area contributed by atoms with Crippen LogP contribution in [0.25, 0.3) is 16.2 Å². The highest BCUT2D eigenvalue weighted by Gasteiger charge is 2.14. The number of thiazole rings is 1. The first-order valence-corrected chi connectivity index (χ1v) is 7.26. The number of halogens is 1. The Bertz CT molecular complexity index is 736. The lowest BCUT2D eigenvalue weighted by Crippen LogP contribution is -1.94. The Hall–Kier alpha value is -1.60. The molecule has 0 amide bonds. The van der Waals surface area contributed by atoms with Crippen LogP contribution >= 0.6 is 27.3 Å². The van der Waals surface area contributed by atoms with E-state index in [1.165, 1.54) is 0 Å². The Morgan fingerprint density at radius 3 is 3.00 bits per heavy atom. The number of fused-ring (bicyclic) bond motifs is 1. The van der Waals surface area contributed by atoms with E-state index in [1.807, 2.05) is 28.1 Å². The number of nitrogens with zero attached hydrogens (tertiary/aromatic N) is 3. The number of hydrogen-bond donors (Lipinski definition) is 1. The number of aromatic nitrogens is 3. The molecule has 0 bridgehead atoms. The summed E-state index contributed by atoms with van der Waals surface area (Å²) >= 11 is 5.03. The predicted molar refractivity (Wildman–Crippen MR) is 80.1 cm³/mol. The van der Waals surface area contributed by atoms with Crippen LogP contribution in [0, 0.1) is 0 Å². The summed E-state index contributed by atoms with van der Waals surface area (Å²) in [5.41, 5.74) is 1.95. The fourth-order valence-corrected chi connectivity index (χ4v) is 3.04. The molecule has 0 aliphatic heterocycles. The molecular weight excluding hydrogens is 328 g/mol. The highest BCUT2D eigenvalue weighted by atomic mass is 79.9. The second kappa shape index (κ2) is 4.82. The van der Waals surface area contributed by atoms with E-state index in [2.05, 4.69) is 31.3 Å². The quantitative estimate of drug-likeness (QED) is 0.796. The van der Waals surface area contributed by atoms with Crippen molar-refractivity contribution in [2.75, 3.05) is 19.5 Å². The Morgan fingerprint density at radius 2 is 2.26 bits per heavy atom. The molecule has 2 heterocycles. The molecule has 1 aromatic carbocycles. The highest BCUT2D eigenvalue weighted by molar-refractivity contribution is 9.10. The van der Waals surface area contributed by atoms with E-state index in [9.17, 15) is 0 Å². The second-order valence-electron chi connectivity index (χ2n) is 3.85. The zero-order chi connectivity index (χ0) is 13.4. The molecule has 5 nitrogen and oxygen atoms in total. The Kier molecular flexibility index (Phi) is 3.16.